The van der Waals surface area contributed by atoms with E-state index in [-0.39, 0.29) is 26.3 Å². The molecule has 1 amide bonds. The predicted octanol–water partition coefficient (Wildman–Crippen LogP) is 4.64. The first-order chi connectivity index (χ1) is 13.4. The Balaban J connectivity index is 3.30. The molecule has 0 N–H and O–H groups in total. The third-order valence-electron chi connectivity index (χ3n) is 3.94. The van der Waals surface area contributed by atoms with Crippen molar-refractivity contribution in [3.63, 3.8) is 0 Å². The van der Waals surface area contributed by atoms with Crippen LogP contribution in [-0.4, -0.2) is 50.3 Å². The lowest BCUT2D eigenvalue weighted by atomic mass is 9.94. The molecule has 0 saturated carbocycles. The van der Waals surface area contributed by atoms with E-state index in [1.54, 1.807) is 13.8 Å². The van der Waals surface area contributed by atoms with Gasteiger partial charge in [0.1, 0.15) is 0 Å². The van der Waals surface area contributed by atoms with E-state index in [0.717, 1.165) is 17.0 Å². The zero-order chi connectivity index (χ0) is 22.2. The fourth-order valence-electron chi connectivity index (χ4n) is 2.60. The molecule has 0 atom stereocenters. The number of carbonyl (C=O) groups is 1. The van der Waals surface area contributed by atoms with Crippen molar-refractivity contribution < 1.29 is 40.6 Å². The molecule has 0 fully saturated rings. The number of nitrogens with zero attached hydrogens (tertiary/aromatic N) is 1. The van der Waals surface area contributed by atoms with Gasteiger partial charge in [-0.3, -0.25) is 4.79 Å². The summed E-state index contributed by atoms with van der Waals surface area (Å²) in [6.45, 7) is 7.80. The highest BCUT2D eigenvalue weighted by Gasteiger charge is 2.45. The van der Waals surface area contributed by atoms with Crippen LogP contribution in [0, 0.1) is 0 Å². The van der Waals surface area contributed by atoms with Crippen LogP contribution < -0.4 is 0 Å². The second kappa shape index (κ2) is 10.6. The van der Waals surface area contributed by atoms with Gasteiger partial charge in [0.05, 0.1) is 24.3 Å². The summed E-state index contributed by atoms with van der Waals surface area (Å²) in [6, 6.07) is 1.95. The molecule has 0 unspecified atom stereocenters. The van der Waals surface area contributed by atoms with E-state index in [2.05, 4.69) is 6.58 Å². The van der Waals surface area contributed by atoms with Gasteiger partial charge in [0, 0.05) is 31.9 Å². The van der Waals surface area contributed by atoms with Gasteiger partial charge < -0.3 is 14.4 Å². The molecule has 1 rings (SSSR count). The highest BCUT2D eigenvalue weighted by Crippen LogP contribution is 2.43. The van der Waals surface area contributed by atoms with Crippen LogP contribution in [0.1, 0.15) is 30.5 Å². The number of alkyl halides is 6. The number of hydrogen-bond acceptors (Lipinski definition) is 3. The van der Waals surface area contributed by atoms with Crippen molar-refractivity contribution in [2.45, 2.75) is 26.2 Å². The van der Waals surface area contributed by atoms with Crippen LogP contribution in [0.15, 0.2) is 24.8 Å². The first-order valence-corrected chi connectivity index (χ1v) is 8.86. The molecule has 0 aliphatic heterocycles. The molecule has 164 valence electrons. The molecule has 0 radical (unpaired) electrons. The van der Waals surface area contributed by atoms with Crippen molar-refractivity contribution in [3.05, 3.63) is 41.5 Å². The Labute approximate surface area is 165 Å². The lowest BCUT2D eigenvalue weighted by molar-refractivity contribution is -0.162. The monoisotopic (exact) mass is 427 g/mol. The Kier molecular flexibility index (Phi) is 9.15. The maximum Gasteiger partial charge on any atom is 0.417 e. The molecule has 0 heterocycles. The minimum absolute atomic E-state index is 0.0269. The van der Waals surface area contributed by atoms with Crippen LogP contribution in [0.3, 0.4) is 0 Å². The van der Waals surface area contributed by atoms with E-state index in [9.17, 15) is 31.1 Å². The van der Waals surface area contributed by atoms with Crippen molar-refractivity contribution in [1.82, 2.24) is 4.90 Å². The largest absolute Gasteiger partial charge is 0.417 e. The van der Waals surface area contributed by atoms with Gasteiger partial charge in [-0.1, -0.05) is 18.7 Å². The second-order valence-corrected chi connectivity index (χ2v) is 5.89. The van der Waals surface area contributed by atoms with E-state index in [1.807, 2.05) is 0 Å². The number of benzene rings is 1. The van der Waals surface area contributed by atoms with Crippen molar-refractivity contribution in [2.24, 2.45) is 0 Å². The summed E-state index contributed by atoms with van der Waals surface area (Å²) in [5.41, 5.74) is -5.39. The third-order valence-corrected chi connectivity index (χ3v) is 3.94. The molecule has 0 aromatic heterocycles. The number of hydrogen-bond donors (Lipinski definition) is 0. The molecule has 0 spiro atoms. The minimum atomic E-state index is -5.33. The molecule has 29 heavy (non-hydrogen) atoms. The summed E-state index contributed by atoms with van der Waals surface area (Å²) in [4.78, 5) is 13.9. The second-order valence-electron chi connectivity index (χ2n) is 5.89. The summed E-state index contributed by atoms with van der Waals surface area (Å²) < 4.78 is 90.1. The highest BCUT2D eigenvalue weighted by atomic mass is 19.4. The Morgan fingerprint density at radius 1 is 0.966 bits per heavy atom. The average molecular weight is 427 g/mol. The Bertz CT molecular complexity index is 690. The van der Waals surface area contributed by atoms with Crippen molar-refractivity contribution in [1.29, 1.82) is 0 Å². The Morgan fingerprint density at radius 3 is 1.90 bits per heavy atom. The molecular formula is C19H23F6NO3. The quantitative estimate of drug-likeness (QED) is 0.310. The molecule has 0 bridgehead atoms. The van der Waals surface area contributed by atoms with E-state index < -0.39 is 40.5 Å². The number of amides is 1. The summed E-state index contributed by atoms with van der Waals surface area (Å²) >= 11 is 0. The van der Waals surface area contributed by atoms with Crippen LogP contribution in [0.2, 0.25) is 0 Å². The normalized spacial score (nSPS) is 12.1. The molecular weight excluding hydrogens is 404 g/mol. The highest BCUT2D eigenvalue weighted by molar-refractivity contribution is 6.19. The first kappa shape index (κ1) is 25.0. The van der Waals surface area contributed by atoms with Crippen molar-refractivity contribution >= 4 is 11.5 Å². The maximum absolute atomic E-state index is 13.5. The van der Waals surface area contributed by atoms with Crippen LogP contribution >= 0.6 is 0 Å². The summed E-state index contributed by atoms with van der Waals surface area (Å²) in [5.74, 6) is -0.922. The average Bonchev–Trinajstić information content (AvgIpc) is 2.64. The Morgan fingerprint density at radius 2 is 1.48 bits per heavy atom. The molecule has 0 aliphatic rings. The van der Waals surface area contributed by atoms with Gasteiger partial charge in [-0.2, -0.15) is 26.3 Å². The first-order valence-electron chi connectivity index (χ1n) is 8.86. The molecule has 0 saturated heterocycles. The van der Waals surface area contributed by atoms with Gasteiger partial charge in [-0.05, 0) is 25.5 Å². The minimum Gasteiger partial charge on any atom is -0.380 e. The summed E-state index contributed by atoms with van der Waals surface area (Å²) in [5, 5.41) is 0. The van der Waals surface area contributed by atoms with E-state index >= 15 is 0 Å². The maximum atomic E-state index is 13.5. The Hall–Kier alpha value is -2.07. The third kappa shape index (κ3) is 7.04. The van der Waals surface area contributed by atoms with Gasteiger partial charge in [0.15, 0.2) is 0 Å². The van der Waals surface area contributed by atoms with Gasteiger partial charge in [0.25, 0.3) is 5.91 Å². The van der Waals surface area contributed by atoms with Crippen molar-refractivity contribution in [2.75, 3.05) is 39.5 Å². The zero-order valence-electron chi connectivity index (χ0n) is 16.1. The van der Waals surface area contributed by atoms with Crippen LogP contribution in [-0.2, 0) is 26.6 Å². The van der Waals surface area contributed by atoms with Crippen molar-refractivity contribution in [3.8, 4) is 0 Å². The molecule has 1 aromatic rings. The van der Waals surface area contributed by atoms with Gasteiger partial charge >= 0.3 is 12.4 Å². The molecule has 1 aromatic carbocycles. The standard InChI is InChI=1S/C19H23F6NO3/c1-4-28-11-9-26(10-12-29-5-2)17(27)13(3)14-7-6-8-15(18(20,21)22)16(14)19(23,24)25/h6-8H,3-5,9-12H2,1-2H3. The number of carbonyl (C=O) groups excluding carboxylic acids is 1. The molecule has 10 heteroatoms. The van der Waals surface area contributed by atoms with Crippen LogP contribution in [0.25, 0.3) is 5.57 Å². The predicted molar refractivity (Wildman–Crippen MR) is 95.0 cm³/mol. The van der Waals surface area contributed by atoms with E-state index in [1.165, 1.54) is 0 Å². The van der Waals surface area contributed by atoms with Crippen LogP contribution in [0.5, 0.6) is 0 Å². The van der Waals surface area contributed by atoms with Gasteiger partial charge in [-0.15, -0.1) is 0 Å². The van der Waals surface area contributed by atoms with Gasteiger partial charge in [-0.25, -0.2) is 0 Å². The lowest BCUT2D eigenvalue weighted by Gasteiger charge is -2.25. The fraction of sp³-hybridized carbons (Fsp3) is 0.526. The van der Waals surface area contributed by atoms with E-state index in [4.69, 9.17) is 9.47 Å². The fourth-order valence-corrected chi connectivity index (χ4v) is 2.60. The number of ether oxygens (including phenoxy) is 2. The summed E-state index contributed by atoms with van der Waals surface area (Å²) in [7, 11) is 0. The molecule has 4 nitrogen and oxygen atoms in total. The number of halogens is 6. The molecule has 0 aliphatic carbocycles. The number of rotatable bonds is 10. The topological polar surface area (TPSA) is 38.8 Å². The zero-order valence-corrected chi connectivity index (χ0v) is 16.1. The van der Waals surface area contributed by atoms with Crippen LogP contribution in [0.4, 0.5) is 26.3 Å². The van der Waals surface area contributed by atoms with E-state index in [0.29, 0.717) is 19.3 Å². The summed E-state index contributed by atoms with van der Waals surface area (Å²) in [6.07, 6.45) is -10.6. The smallest absolute Gasteiger partial charge is 0.380 e. The lowest BCUT2D eigenvalue weighted by Crippen LogP contribution is -2.37. The van der Waals surface area contributed by atoms with Gasteiger partial charge in [0.2, 0.25) is 0 Å². The SMILES string of the molecule is C=C(C(=O)N(CCOCC)CCOCC)c1cccc(C(F)(F)F)c1C(F)(F)F.